The van der Waals surface area contributed by atoms with E-state index in [0.717, 1.165) is 22.9 Å². The highest BCUT2D eigenvalue weighted by Gasteiger charge is 2.25. The number of hydrogen-bond donors (Lipinski definition) is 3. The van der Waals surface area contributed by atoms with Crippen LogP contribution in [0, 0.1) is 30.2 Å². The Kier molecular flexibility index (Phi) is 10.6. The fraction of sp³-hybridized carbons (Fsp3) is 0.121. The lowest BCUT2D eigenvalue weighted by Crippen LogP contribution is -2.30. The second kappa shape index (κ2) is 14.5. The summed E-state index contributed by atoms with van der Waals surface area (Å²) in [5.74, 6) is -8.66. The van der Waals surface area contributed by atoms with Crippen LogP contribution in [0.5, 0.6) is 0 Å². The van der Waals surface area contributed by atoms with Crippen LogP contribution in [0.3, 0.4) is 0 Å². The molecule has 11 heteroatoms. The van der Waals surface area contributed by atoms with Gasteiger partial charge in [0, 0.05) is 22.2 Å². The number of halogens is 4. The molecule has 0 heterocycles. The summed E-state index contributed by atoms with van der Waals surface area (Å²) in [6, 6.07) is 22.3. The van der Waals surface area contributed by atoms with Gasteiger partial charge < -0.3 is 16.0 Å². The number of rotatable bonds is 10. The summed E-state index contributed by atoms with van der Waals surface area (Å²) in [6.07, 6.45) is 1.76. The Morgan fingerprint density at radius 2 is 1.48 bits per heavy atom. The van der Waals surface area contributed by atoms with Crippen LogP contribution >= 0.6 is 11.8 Å². The first kappa shape index (κ1) is 32.0. The molecule has 0 aromatic heterocycles. The van der Waals surface area contributed by atoms with E-state index in [2.05, 4.69) is 10.6 Å². The summed E-state index contributed by atoms with van der Waals surface area (Å²) in [7, 11) is 0. The molecule has 0 radical (unpaired) electrons. The van der Waals surface area contributed by atoms with Gasteiger partial charge in [-0.05, 0) is 60.9 Å². The van der Waals surface area contributed by atoms with Crippen LogP contribution in [0.4, 0.5) is 28.9 Å². The molecule has 0 aliphatic rings. The molecule has 0 spiro atoms. The van der Waals surface area contributed by atoms with Crippen LogP contribution in [0.15, 0.2) is 95.5 Å². The molecule has 1 unspecified atom stereocenters. The van der Waals surface area contributed by atoms with Crippen molar-refractivity contribution in [3.05, 3.63) is 131 Å². The molecule has 3 amide bonds. The topological polar surface area (TPSA) is 87.3 Å². The smallest absolute Gasteiger partial charge is 0.272 e. The average molecular weight is 622 g/mol. The normalized spacial score (nSPS) is 11.9. The summed E-state index contributed by atoms with van der Waals surface area (Å²) in [6.45, 7) is 3.52. The van der Waals surface area contributed by atoms with E-state index in [9.17, 15) is 31.9 Å². The fourth-order valence-corrected chi connectivity index (χ4v) is 5.08. The maximum Gasteiger partial charge on any atom is 0.272 e. The molecule has 44 heavy (non-hydrogen) atoms. The third kappa shape index (κ3) is 7.93. The Balaban J connectivity index is 1.53. The van der Waals surface area contributed by atoms with Crippen molar-refractivity contribution >= 4 is 46.9 Å². The van der Waals surface area contributed by atoms with Crippen LogP contribution in [0.25, 0.3) is 6.08 Å². The molecule has 4 aromatic rings. The summed E-state index contributed by atoms with van der Waals surface area (Å²) >= 11 is 1.02. The van der Waals surface area contributed by atoms with Gasteiger partial charge in [-0.3, -0.25) is 14.4 Å². The van der Waals surface area contributed by atoms with Crippen molar-refractivity contribution in [2.24, 2.45) is 0 Å². The van der Waals surface area contributed by atoms with Gasteiger partial charge in [-0.25, -0.2) is 17.6 Å². The number of carbonyl (C=O) groups excluding carboxylic acids is 3. The van der Waals surface area contributed by atoms with Gasteiger partial charge in [-0.2, -0.15) is 0 Å². The number of nitrogens with one attached hydrogen (secondary N) is 3. The van der Waals surface area contributed by atoms with Crippen molar-refractivity contribution in [1.29, 1.82) is 0 Å². The quantitative estimate of drug-likeness (QED) is 0.0742. The second-order valence-corrected chi connectivity index (χ2v) is 10.8. The van der Waals surface area contributed by atoms with Gasteiger partial charge in [0.05, 0.1) is 5.25 Å². The van der Waals surface area contributed by atoms with Crippen molar-refractivity contribution in [2.45, 2.75) is 30.4 Å². The molecule has 6 nitrogen and oxygen atoms in total. The Bertz CT molecular complexity index is 1700. The molecule has 4 rings (SSSR count). The third-order valence-electron chi connectivity index (χ3n) is 6.41. The maximum absolute atomic E-state index is 14.1. The Morgan fingerprint density at radius 1 is 0.818 bits per heavy atom. The minimum atomic E-state index is -1.71. The van der Waals surface area contributed by atoms with E-state index in [1.54, 1.807) is 73.7 Å². The van der Waals surface area contributed by atoms with E-state index in [-0.39, 0.29) is 18.2 Å². The van der Waals surface area contributed by atoms with Crippen LogP contribution in [-0.4, -0.2) is 23.0 Å². The molecule has 0 fully saturated rings. The minimum Gasteiger partial charge on any atom is -0.321 e. The lowest BCUT2D eigenvalue weighted by Gasteiger charge is -2.17. The predicted molar refractivity (Wildman–Crippen MR) is 163 cm³/mol. The van der Waals surface area contributed by atoms with Crippen LogP contribution in [0.1, 0.15) is 34.8 Å². The minimum absolute atomic E-state index is 0.0107. The number of benzene rings is 4. The van der Waals surface area contributed by atoms with Gasteiger partial charge in [-0.1, -0.05) is 55.5 Å². The summed E-state index contributed by atoms with van der Waals surface area (Å²) in [4.78, 5) is 39.7. The molecule has 1 atom stereocenters. The molecular formula is C33H27F4N3O3S. The zero-order valence-electron chi connectivity index (χ0n) is 23.6. The monoisotopic (exact) mass is 621 g/mol. The molecule has 226 valence electrons. The number of hydrogen-bond acceptors (Lipinski definition) is 4. The molecule has 4 aromatic carbocycles. The van der Waals surface area contributed by atoms with Crippen LogP contribution in [0.2, 0.25) is 0 Å². The summed E-state index contributed by atoms with van der Waals surface area (Å²) in [5, 5.41) is 6.46. The van der Waals surface area contributed by atoms with E-state index in [1.165, 1.54) is 0 Å². The summed E-state index contributed by atoms with van der Waals surface area (Å²) < 4.78 is 55.4. The van der Waals surface area contributed by atoms with Crippen LogP contribution in [-0.2, 0) is 9.59 Å². The number of amides is 3. The van der Waals surface area contributed by atoms with Crippen molar-refractivity contribution in [2.75, 3.05) is 10.6 Å². The Hall–Kier alpha value is -4.90. The lowest BCUT2D eigenvalue weighted by molar-refractivity contribution is -0.116. The van der Waals surface area contributed by atoms with Crippen LogP contribution < -0.4 is 16.0 Å². The number of aryl methyl sites for hydroxylation is 1. The first-order valence-electron chi connectivity index (χ1n) is 13.4. The van der Waals surface area contributed by atoms with Crippen molar-refractivity contribution in [3.8, 4) is 0 Å². The lowest BCUT2D eigenvalue weighted by atomic mass is 10.1. The van der Waals surface area contributed by atoms with E-state index in [0.29, 0.717) is 16.1 Å². The van der Waals surface area contributed by atoms with E-state index < -0.39 is 51.9 Å². The molecule has 0 saturated carbocycles. The second-order valence-electron chi connectivity index (χ2n) is 9.56. The van der Waals surface area contributed by atoms with Gasteiger partial charge in [0.2, 0.25) is 5.91 Å². The van der Waals surface area contributed by atoms with Gasteiger partial charge in [0.15, 0.2) is 23.3 Å². The molecule has 0 bridgehead atoms. The summed E-state index contributed by atoms with van der Waals surface area (Å²) in [5.41, 5.74) is 1.08. The Labute approximate surface area is 255 Å². The maximum atomic E-state index is 14.1. The SMILES string of the molecule is CCC(Sc1cccc(NC(=O)/C(=C/c2ccccc2C)NC(=O)c2ccccc2)c1)C(=O)Nc1c(F)c(F)cc(F)c1F. The number of thioether (sulfide) groups is 1. The molecule has 3 N–H and O–H groups in total. The fourth-order valence-electron chi connectivity index (χ4n) is 4.07. The highest BCUT2D eigenvalue weighted by atomic mass is 32.2. The standard InChI is InChI=1S/C33H27F4N3O3S/c1-3-27(33(43)40-30-28(36)24(34)18-25(35)29(30)37)44-23-15-9-14-22(17-23)38-32(42)26(16-21-13-8-7-10-19(21)2)39-31(41)20-11-5-4-6-12-20/h4-18,27H,3H2,1-2H3,(H,38,42)(H,39,41)(H,40,43)/b26-16-. The van der Waals surface area contributed by atoms with Gasteiger partial charge in [-0.15, -0.1) is 11.8 Å². The van der Waals surface area contributed by atoms with Crippen molar-refractivity contribution in [3.63, 3.8) is 0 Å². The molecule has 0 aliphatic heterocycles. The van der Waals surface area contributed by atoms with E-state index in [4.69, 9.17) is 0 Å². The van der Waals surface area contributed by atoms with E-state index >= 15 is 0 Å². The van der Waals surface area contributed by atoms with Gasteiger partial charge >= 0.3 is 0 Å². The Morgan fingerprint density at radius 3 is 2.14 bits per heavy atom. The zero-order valence-corrected chi connectivity index (χ0v) is 24.4. The first-order valence-corrected chi connectivity index (χ1v) is 14.3. The molecule has 0 saturated heterocycles. The predicted octanol–water partition coefficient (Wildman–Crippen LogP) is 7.47. The third-order valence-corrected chi connectivity index (χ3v) is 7.77. The zero-order chi connectivity index (χ0) is 31.8. The van der Waals surface area contributed by atoms with Gasteiger partial charge in [0.25, 0.3) is 11.8 Å². The highest BCUT2D eigenvalue weighted by molar-refractivity contribution is 8.00. The highest BCUT2D eigenvalue weighted by Crippen LogP contribution is 2.30. The van der Waals surface area contributed by atoms with Crippen molar-refractivity contribution in [1.82, 2.24) is 5.32 Å². The molecule has 0 aliphatic carbocycles. The largest absolute Gasteiger partial charge is 0.321 e. The average Bonchev–Trinajstić information content (AvgIpc) is 3.02. The number of carbonyl (C=O) groups is 3. The molecular weight excluding hydrogens is 594 g/mol. The van der Waals surface area contributed by atoms with Gasteiger partial charge in [0.1, 0.15) is 11.4 Å². The van der Waals surface area contributed by atoms with E-state index in [1.807, 2.05) is 30.4 Å². The first-order chi connectivity index (χ1) is 21.1. The number of anilines is 2. The van der Waals surface area contributed by atoms with Crippen molar-refractivity contribution < 1.29 is 31.9 Å².